The highest BCUT2D eigenvalue weighted by Gasteiger charge is 2.35. The molecule has 8 rings (SSSR count). The lowest BCUT2D eigenvalue weighted by Crippen LogP contribution is -2.15. The Hall–Kier alpha value is -5.54. The molecule has 3 nitrogen and oxygen atoms in total. The van der Waals surface area contributed by atoms with Gasteiger partial charge in [-0.1, -0.05) is 123 Å². The van der Waals surface area contributed by atoms with Crippen molar-refractivity contribution in [3.63, 3.8) is 0 Å². The van der Waals surface area contributed by atoms with E-state index in [0.717, 1.165) is 56.0 Å². The maximum absolute atomic E-state index is 5.08. The van der Waals surface area contributed by atoms with Crippen LogP contribution in [0.2, 0.25) is 0 Å². The smallest absolute Gasteiger partial charge is 0.160 e. The first-order valence-corrected chi connectivity index (χ1v) is 15.1. The second kappa shape index (κ2) is 10.3. The average Bonchev–Trinajstić information content (AvgIpc) is 3.30. The van der Waals surface area contributed by atoms with Gasteiger partial charge in [0.25, 0.3) is 0 Å². The van der Waals surface area contributed by atoms with E-state index in [1.54, 1.807) is 0 Å². The summed E-state index contributed by atoms with van der Waals surface area (Å²) >= 11 is 0. The molecule has 0 atom stereocenters. The van der Waals surface area contributed by atoms with Gasteiger partial charge in [0.15, 0.2) is 5.82 Å². The number of rotatable bonds is 5. The Morgan fingerprint density at radius 1 is 0.477 bits per heavy atom. The van der Waals surface area contributed by atoms with Gasteiger partial charge in [0.05, 0.1) is 11.2 Å². The third kappa shape index (κ3) is 4.45. The molecule has 0 spiro atoms. The first kappa shape index (κ1) is 26.1. The molecule has 210 valence electrons. The molecule has 0 saturated heterocycles. The van der Waals surface area contributed by atoms with Crippen LogP contribution in [0.1, 0.15) is 25.0 Å². The Morgan fingerprint density at radius 2 is 1.14 bits per heavy atom. The van der Waals surface area contributed by atoms with Gasteiger partial charge in [0.2, 0.25) is 0 Å². The minimum atomic E-state index is -0.0306. The van der Waals surface area contributed by atoms with E-state index in [4.69, 9.17) is 9.97 Å². The van der Waals surface area contributed by atoms with Gasteiger partial charge in [-0.15, -0.1) is 0 Å². The molecule has 1 aliphatic carbocycles. The molecule has 6 aromatic carbocycles. The van der Waals surface area contributed by atoms with Crippen LogP contribution >= 0.6 is 0 Å². The first-order valence-electron chi connectivity index (χ1n) is 15.1. The van der Waals surface area contributed by atoms with E-state index in [1.807, 2.05) is 18.2 Å². The van der Waals surface area contributed by atoms with Gasteiger partial charge in [-0.2, -0.15) is 0 Å². The molecule has 0 radical (unpaired) electrons. The van der Waals surface area contributed by atoms with Crippen LogP contribution in [-0.2, 0) is 5.41 Å². The summed E-state index contributed by atoms with van der Waals surface area (Å²) in [5.41, 5.74) is 13.7. The molecule has 0 saturated carbocycles. The summed E-state index contributed by atoms with van der Waals surface area (Å²) in [6.07, 6.45) is 0. The van der Waals surface area contributed by atoms with E-state index in [0.29, 0.717) is 0 Å². The molecule has 7 aromatic rings. The number of nitrogens with zero attached hydrogens (tertiary/aromatic N) is 2. The molecule has 0 fully saturated rings. The Balaban J connectivity index is 1.13. The highest BCUT2D eigenvalue weighted by Crippen LogP contribution is 2.49. The molecule has 44 heavy (non-hydrogen) atoms. The highest BCUT2D eigenvalue weighted by molar-refractivity contribution is 5.93. The summed E-state index contributed by atoms with van der Waals surface area (Å²) in [5.74, 6) is 0.723. The quantitative estimate of drug-likeness (QED) is 0.226. The minimum Gasteiger partial charge on any atom is -0.356 e. The van der Waals surface area contributed by atoms with Gasteiger partial charge in [0, 0.05) is 33.3 Å². The third-order valence-corrected chi connectivity index (χ3v) is 8.84. The van der Waals surface area contributed by atoms with Crippen LogP contribution in [0, 0.1) is 0 Å². The molecule has 0 aliphatic heterocycles. The van der Waals surface area contributed by atoms with Crippen LogP contribution in [0.3, 0.4) is 0 Å². The fraction of sp³-hybridized carbons (Fsp3) is 0.0732. The standard InChI is InChI=1S/C41H31N3/c1-41(2)36-20-8-6-18-33(36)34-23-22-32(26-37(34)41)42-31-17-11-15-29(25-31)28-14-10-16-30(24-28)40-43-38-21-9-7-19-35(38)39(44-40)27-12-4-3-5-13-27/h3-26,42H,1-2H3. The van der Waals surface area contributed by atoms with Crippen LogP contribution in [-0.4, -0.2) is 9.97 Å². The zero-order valence-electron chi connectivity index (χ0n) is 24.8. The van der Waals surface area contributed by atoms with Crippen molar-refractivity contribution in [3.8, 4) is 44.9 Å². The molecule has 1 N–H and O–H groups in total. The topological polar surface area (TPSA) is 37.8 Å². The van der Waals surface area contributed by atoms with Crippen molar-refractivity contribution < 1.29 is 0 Å². The van der Waals surface area contributed by atoms with Gasteiger partial charge >= 0.3 is 0 Å². The van der Waals surface area contributed by atoms with Crippen molar-refractivity contribution in [1.29, 1.82) is 0 Å². The summed E-state index contributed by atoms with van der Waals surface area (Å²) < 4.78 is 0. The van der Waals surface area contributed by atoms with Gasteiger partial charge in [-0.3, -0.25) is 0 Å². The van der Waals surface area contributed by atoms with Crippen molar-refractivity contribution in [1.82, 2.24) is 9.97 Å². The van der Waals surface area contributed by atoms with Gasteiger partial charge < -0.3 is 5.32 Å². The normalized spacial score (nSPS) is 13.0. The zero-order chi connectivity index (χ0) is 29.7. The summed E-state index contributed by atoms with van der Waals surface area (Å²) in [6, 6.07) is 51.2. The van der Waals surface area contributed by atoms with Crippen LogP contribution < -0.4 is 5.32 Å². The van der Waals surface area contributed by atoms with E-state index in [-0.39, 0.29) is 5.41 Å². The molecule has 1 aromatic heterocycles. The summed E-state index contributed by atoms with van der Waals surface area (Å²) in [4.78, 5) is 10.1. The Morgan fingerprint density at radius 3 is 2.02 bits per heavy atom. The SMILES string of the molecule is CC1(C)c2ccccc2-c2ccc(Nc3cccc(-c4cccc(-c5nc(-c6ccccc6)c6ccccc6n5)c4)c3)cc21. The lowest BCUT2D eigenvalue weighted by atomic mass is 9.82. The molecule has 0 unspecified atom stereocenters. The van der Waals surface area contributed by atoms with Gasteiger partial charge in [-0.25, -0.2) is 9.97 Å². The number of benzene rings is 6. The van der Waals surface area contributed by atoms with Crippen LogP contribution in [0.5, 0.6) is 0 Å². The van der Waals surface area contributed by atoms with Gasteiger partial charge in [-0.05, 0) is 69.8 Å². The monoisotopic (exact) mass is 565 g/mol. The fourth-order valence-corrected chi connectivity index (χ4v) is 6.58. The minimum absolute atomic E-state index is 0.0306. The van der Waals surface area contributed by atoms with E-state index >= 15 is 0 Å². The summed E-state index contributed by atoms with van der Waals surface area (Å²) in [7, 11) is 0. The predicted molar refractivity (Wildman–Crippen MR) is 183 cm³/mol. The fourth-order valence-electron chi connectivity index (χ4n) is 6.58. The number of aromatic nitrogens is 2. The van der Waals surface area contributed by atoms with Crippen molar-refractivity contribution in [2.45, 2.75) is 19.3 Å². The highest BCUT2D eigenvalue weighted by atomic mass is 14.9. The van der Waals surface area contributed by atoms with Gasteiger partial charge in [0.1, 0.15) is 0 Å². The number of anilines is 2. The van der Waals surface area contributed by atoms with Crippen molar-refractivity contribution in [2.75, 3.05) is 5.32 Å². The average molecular weight is 566 g/mol. The van der Waals surface area contributed by atoms with E-state index in [1.165, 1.54) is 22.3 Å². The molecule has 1 heterocycles. The van der Waals surface area contributed by atoms with Crippen LogP contribution in [0.4, 0.5) is 11.4 Å². The van der Waals surface area contributed by atoms with Crippen molar-refractivity contribution in [2.24, 2.45) is 0 Å². The Labute approximate surface area is 257 Å². The predicted octanol–water partition coefficient (Wildman–Crippen LogP) is 10.7. The molecular formula is C41H31N3. The third-order valence-electron chi connectivity index (χ3n) is 8.84. The lowest BCUT2D eigenvalue weighted by molar-refractivity contribution is 0.660. The Bertz CT molecular complexity index is 2180. The van der Waals surface area contributed by atoms with Crippen molar-refractivity contribution >= 4 is 22.3 Å². The molecular weight excluding hydrogens is 534 g/mol. The first-order chi connectivity index (χ1) is 21.5. The number of nitrogens with one attached hydrogen (secondary N) is 1. The molecule has 0 amide bonds. The largest absolute Gasteiger partial charge is 0.356 e. The van der Waals surface area contributed by atoms with E-state index in [9.17, 15) is 0 Å². The van der Waals surface area contributed by atoms with E-state index in [2.05, 4.69) is 147 Å². The van der Waals surface area contributed by atoms with E-state index < -0.39 is 0 Å². The summed E-state index contributed by atoms with van der Waals surface area (Å²) in [5, 5.41) is 4.73. The maximum Gasteiger partial charge on any atom is 0.160 e. The summed E-state index contributed by atoms with van der Waals surface area (Å²) in [6.45, 7) is 4.63. The van der Waals surface area contributed by atoms with Crippen LogP contribution in [0.25, 0.3) is 55.8 Å². The second-order valence-electron chi connectivity index (χ2n) is 12.0. The number of para-hydroxylation sites is 1. The van der Waals surface area contributed by atoms with Crippen LogP contribution in [0.15, 0.2) is 146 Å². The number of fused-ring (bicyclic) bond motifs is 4. The maximum atomic E-state index is 5.08. The number of hydrogen-bond acceptors (Lipinski definition) is 3. The second-order valence-corrected chi connectivity index (χ2v) is 12.0. The van der Waals surface area contributed by atoms with Crippen molar-refractivity contribution in [3.05, 3.63) is 157 Å². The lowest BCUT2D eigenvalue weighted by Gasteiger charge is -2.22. The zero-order valence-corrected chi connectivity index (χ0v) is 24.8. The Kier molecular flexibility index (Phi) is 6.13. The molecule has 1 aliphatic rings. The molecule has 0 bridgehead atoms. The molecule has 3 heteroatoms. The number of hydrogen-bond donors (Lipinski definition) is 1.